The van der Waals surface area contributed by atoms with E-state index in [1.54, 1.807) is 0 Å². The number of halogens is 3. The fourth-order valence-corrected chi connectivity index (χ4v) is 1.11. The molecule has 0 saturated heterocycles. The van der Waals surface area contributed by atoms with Crippen molar-refractivity contribution in [1.82, 2.24) is 10.3 Å². The second-order valence-electron chi connectivity index (χ2n) is 3.71. The number of rotatable bonds is 3. The van der Waals surface area contributed by atoms with Crippen LogP contribution in [0, 0.1) is 0 Å². The third-order valence-electron chi connectivity index (χ3n) is 2.31. The molecule has 3 nitrogen and oxygen atoms in total. The van der Waals surface area contributed by atoms with E-state index in [9.17, 15) is 18.0 Å². The van der Waals surface area contributed by atoms with Gasteiger partial charge in [0.1, 0.15) is 5.69 Å². The molecule has 1 rings (SSSR count). The number of carbonyl (C=O) groups excluding carboxylic acids is 1. The molecule has 0 spiro atoms. The van der Waals surface area contributed by atoms with E-state index in [-0.39, 0.29) is 11.6 Å². The zero-order chi connectivity index (χ0) is 13.1. The van der Waals surface area contributed by atoms with Crippen LogP contribution in [0.3, 0.4) is 0 Å². The molecule has 17 heavy (non-hydrogen) atoms. The van der Waals surface area contributed by atoms with Gasteiger partial charge in [-0.15, -0.1) is 0 Å². The molecule has 1 N–H and O–H groups in total. The monoisotopic (exact) mass is 246 g/mol. The van der Waals surface area contributed by atoms with Crippen LogP contribution in [0.25, 0.3) is 0 Å². The number of nitrogens with one attached hydrogen (secondary N) is 1. The molecule has 0 aliphatic carbocycles. The second-order valence-corrected chi connectivity index (χ2v) is 3.71. The summed E-state index contributed by atoms with van der Waals surface area (Å²) < 4.78 is 36.7. The number of amides is 1. The van der Waals surface area contributed by atoms with Gasteiger partial charge < -0.3 is 5.32 Å². The van der Waals surface area contributed by atoms with Gasteiger partial charge in [-0.25, -0.2) is 0 Å². The van der Waals surface area contributed by atoms with Crippen molar-refractivity contribution in [3.8, 4) is 0 Å². The SMILES string of the molecule is CCC(C)NC(=O)c1ccc(C(F)(F)F)nc1. The Hall–Kier alpha value is -1.59. The second kappa shape index (κ2) is 5.16. The van der Waals surface area contributed by atoms with Crippen molar-refractivity contribution in [3.63, 3.8) is 0 Å². The van der Waals surface area contributed by atoms with Gasteiger partial charge in [0.2, 0.25) is 0 Å². The van der Waals surface area contributed by atoms with Crippen molar-refractivity contribution >= 4 is 5.91 Å². The molecule has 0 fully saturated rings. The quantitative estimate of drug-likeness (QED) is 0.890. The minimum absolute atomic E-state index is 0.0233. The number of carbonyl (C=O) groups is 1. The van der Waals surface area contributed by atoms with Crippen LogP contribution in [0.15, 0.2) is 18.3 Å². The Morgan fingerprint density at radius 3 is 2.53 bits per heavy atom. The first-order valence-electron chi connectivity index (χ1n) is 5.18. The van der Waals surface area contributed by atoms with E-state index in [0.717, 1.165) is 24.8 Å². The Morgan fingerprint density at radius 1 is 1.47 bits per heavy atom. The highest BCUT2D eigenvalue weighted by molar-refractivity contribution is 5.94. The third-order valence-corrected chi connectivity index (χ3v) is 2.31. The van der Waals surface area contributed by atoms with Crippen molar-refractivity contribution < 1.29 is 18.0 Å². The van der Waals surface area contributed by atoms with Crippen LogP contribution >= 0.6 is 0 Å². The fraction of sp³-hybridized carbons (Fsp3) is 0.455. The Bertz CT molecular complexity index is 387. The van der Waals surface area contributed by atoms with Crippen LogP contribution < -0.4 is 5.32 Å². The molecular formula is C11H13F3N2O. The molecule has 1 aromatic rings. The maximum atomic E-state index is 12.2. The highest BCUT2D eigenvalue weighted by atomic mass is 19.4. The minimum atomic E-state index is -4.48. The first-order valence-corrected chi connectivity index (χ1v) is 5.18. The highest BCUT2D eigenvalue weighted by Crippen LogP contribution is 2.27. The third kappa shape index (κ3) is 3.72. The predicted molar refractivity (Wildman–Crippen MR) is 56.5 cm³/mol. The summed E-state index contributed by atoms with van der Waals surface area (Å²) >= 11 is 0. The molecule has 94 valence electrons. The zero-order valence-electron chi connectivity index (χ0n) is 9.51. The summed E-state index contributed by atoms with van der Waals surface area (Å²) in [6.45, 7) is 3.71. The van der Waals surface area contributed by atoms with Crippen molar-refractivity contribution in [3.05, 3.63) is 29.6 Å². The van der Waals surface area contributed by atoms with E-state index in [4.69, 9.17) is 0 Å². The summed E-state index contributed by atoms with van der Waals surface area (Å²) in [5.41, 5.74) is -0.879. The molecule has 0 bridgehead atoms. The number of hydrogen-bond donors (Lipinski definition) is 1. The highest BCUT2D eigenvalue weighted by Gasteiger charge is 2.32. The van der Waals surface area contributed by atoms with Crippen molar-refractivity contribution in [2.75, 3.05) is 0 Å². The molecule has 1 heterocycles. The average molecular weight is 246 g/mol. The van der Waals surface area contributed by atoms with Crippen LogP contribution in [-0.4, -0.2) is 16.9 Å². The van der Waals surface area contributed by atoms with Crippen LogP contribution in [0.5, 0.6) is 0 Å². The van der Waals surface area contributed by atoms with Crippen LogP contribution in [0.4, 0.5) is 13.2 Å². The smallest absolute Gasteiger partial charge is 0.350 e. The van der Waals surface area contributed by atoms with E-state index < -0.39 is 17.8 Å². The molecule has 6 heteroatoms. The maximum Gasteiger partial charge on any atom is 0.433 e. The molecule has 0 aliphatic heterocycles. The summed E-state index contributed by atoms with van der Waals surface area (Å²) in [6, 6.07) is 1.89. The lowest BCUT2D eigenvalue weighted by Crippen LogP contribution is -2.32. The van der Waals surface area contributed by atoms with Crippen LogP contribution in [0.2, 0.25) is 0 Å². The topological polar surface area (TPSA) is 42.0 Å². The summed E-state index contributed by atoms with van der Waals surface area (Å²) in [4.78, 5) is 14.8. The van der Waals surface area contributed by atoms with Gasteiger partial charge in [0, 0.05) is 12.2 Å². The molecule has 1 unspecified atom stereocenters. The van der Waals surface area contributed by atoms with Gasteiger partial charge in [0.15, 0.2) is 0 Å². The molecule has 0 radical (unpaired) electrons. The average Bonchev–Trinajstić information content (AvgIpc) is 2.27. The van der Waals surface area contributed by atoms with Gasteiger partial charge in [-0.05, 0) is 25.5 Å². The molecule has 0 aliphatic rings. The van der Waals surface area contributed by atoms with Crippen molar-refractivity contribution in [1.29, 1.82) is 0 Å². The molecule has 1 amide bonds. The molecular weight excluding hydrogens is 233 g/mol. The van der Waals surface area contributed by atoms with Crippen molar-refractivity contribution in [2.45, 2.75) is 32.5 Å². The maximum absolute atomic E-state index is 12.2. The lowest BCUT2D eigenvalue weighted by Gasteiger charge is -2.11. The van der Waals surface area contributed by atoms with E-state index in [1.807, 2.05) is 13.8 Å². The Morgan fingerprint density at radius 2 is 2.12 bits per heavy atom. The van der Waals surface area contributed by atoms with E-state index in [2.05, 4.69) is 10.3 Å². The molecule has 1 aromatic heterocycles. The first kappa shape index (κ1) is 13.5. The number of pyridine rings is 1. The van der Waals surface area contributed by atoms with E-state index in [1.165, 1.54) is 0 Å². The normalized spacial score (nSPS) is 13.2. The van der Waals surface area contributed by atoms with Gasteiger partial charge in [-0.2, -0.15) is 13.2 Å². The minimum Gasteiger partial charge on any atom is -0.350 e. The van der Waals surface area contributed by atoms with Gasteiger partial charge in [-0.1, -0.05) is 6.92 Å². The lowest BCUT2D eigenvalue weighted by molar-refractivity contribution is -0.141. The van der Waals surface area contributed by atoms with Crippen LogP contribution in [-0.2, 0) is 6.18 Å². The van der Waals surface area contributed by atoms with Crippen molar-refractivity contribution in [2.24, 2.45) is 0 Å². The summed E-state index contributed by atoms with van der Waals surface area (Å²) in [6.07, 6.45) is -2.80. The van der Waals surface area contributed by atoms with Gasteiger partial charge >= 0.3 is 6.18 Å². The first-order chi connectivity index (χ1) is 7.84. The van der Waals surface area contributed by atoms with Gasteiger partial charge in [0.05, 0.1) is 5.56 Å². The molecule has 0 aromatic carbocycles. The zero-order valence-corrected chi connectivity index (χ0v) is 9.51. The van der Waals surface area contributed by atoms with Crippen LogP contribution in [0.1, 0.15) is 36.3 Å². The Labute approximate surface area is 97.0 Å². The van der Waals surface area contributed by atoms with E-state index in [0.29, 0.717) is 0 Å². The molecule has 1 atom stereocenters. The Kier molecular flexibility index (Phi) is 4.09. The summed E-state index contributed by atoms with van der Waals surface area (Å²) in [5.74, 6) is -0.416. The lowest BCUT2D eigenvalue weighted by atomic mass is 10.2. The standard InChI is InChI=1S/C11H13F3N2O/c1-3-7(2)16-10(17)8-4-5-9(15-6-8)11(12,13)14/h4-7H,3H2,1-2H3,(H,16,17). The number of nitrogens with zero attached hydrogens (tertiary/aromatic N) is 1. The largest absolute Gasteiger partial charge is 0.433 e. The van der Waals surface area contributed by atoms with Gasteiger partial charge in [-0.3, -0.25) is 9.78 Å². The number of aromatic nitrogens is 1. The summed E-state index contributed by atoms with van der Waals surface area (Å²) in [7, 11) is 0. The molecule has 0 saturated carbocycles. The fourth-order valence-electron chi connectivity index (χ4n) is 1.11. The summed E-state index contributed by atoms with van der Waals surface area (Å²) in [5, 5.41) is 2.64. The van der Waals surface area contributed by atoms with E-state index >= 15 is 0 Å². The number of alkyl halides is 3. The Balaban J connectivity index is 2.78. The predicted octanol–water partition coefficient (Wildman–Crippen LogP) is 2.63. The number of hydrogen-bond acceptors (Lipinski definition) is 2. The van der Waals surface area contributed by atoms with Gasteiger partial charge in [0.25, 0.3) is 5.91 Å².